The molecule has 14 heteroatoms. The van der Waals surface area contributed by atoms with Gasteiger partial charge in [0.1, 0.15) is 18.2 Å². The SMILES string of the molecule is CCC/C=N/N(/C=C(\C)C=O)CC(F)CCn1ccc(NC(=O)CC2CCCC2)c(F)c1=O.CNCc1cccc(OC(F)(F)F)c1. The number of ether oxygens (including phenoxy) is 1. The number of allylic oxidation sites excluding steroid dienone is 1. The highest BCUT2D eigenvalue weighted by atomic mass is 19.4. The summed E-state index contributed by atoms with van der Waals surface area (Å²) in [6.45, 7) is 3.96. The molecular formula is C33H44F5N5O4. The molecule has 3 rings (SSSR count). The number of carbonyl (C=O) groups excluding carboxylic acids is 2. The van der Waals surface area contributed by atoms with Crippen molar-refractivity contribution in [3.05, 3.63) is 70.0 Å². The molecule has 0 aliphatic heterocycles. The number of alkyl halides is 4. The minimum atomic E-state index is -4.63. The van der Waals surface area contributed by atoms with Crippen LogP contribution in [-0.2, 0) is 22.7 Å². The number of unbranched alkanes of at least 4 members (excludes halogenated alkanes) is 1. The quantitative estimate of drug-likeness (QED) is 0.0676. The summed E-state index contributed by atoms with van der Waals surface area (Å²) >= 11 is 0. The number of nitrogens with one attached hydrogen (secondary N) is 2. The van der Waals surface area contributed by atoms with E-state index in [-0.39, 0.29) is 36.9 Å². The van der Waals surface area contributed by atoms with Crippen LogP contribution in [0.25, 0.3) is 0 Å². The van der Waals surface area contributed by atoms with Crippen LogP contribution in [0.4, 0.5) is 27.6 Å². The maximum atomic E-state index is 14.6. The monoisotopic (exact) mass is 669 g/mol. The second-order valence-corrected chi connectivity index (χ2v) is 11.3. The molecule has 1 aromatic heterocycles. The van der Waals surface area contributed by atoms with Crippen molar-refractivity contribution in [2.75, 3.05) is 18.9 Å². The van der Waals surface area contributed by atoms with Crippen LogP contribution in [0, 0.1) is 11.7 Å². The number of amides is 1. The first-order valence-electron chi connectivity index (χ1n) is 15.6. The van der Waals surface area contributed by atoms with Gasteiger partial charge in [0.15, 0.2) is 0 Å². The predicted octanol–water partition coefficient (Wildman–Crippen LogP) is 6.73. The van der Waals surface area contributed by atoms with Crippen molar-refractivity contribution in [1.29, 1.82) is 0 Å². The highest BCUT2D eigenvalue weighted by molar-refractivity contribution is 5.90. The minimum Gasteiger partial charge on any atom is -0.406 e. The summed E-state index contributed by atoms with van der Waals surface area (Å²) in [5.74, 6) is -1.23. The van der Waals surface area contributed by atoms with Crippen molar-refractivity contribution in [1.82, 2.24) is 14.9 Å². The third-order valence-electron chi connectivity index (χ3n) is 7.10. The fourth-order valence-corrected chi connectivity index (χ4v) is 4.82. The van der Waals surface area contributed by atoms with E-state index < -0.39 is 23.9 Å². The second-order valence-electron chi connectivity index (χ2n) is 11.3. The standard InChI is InChI=1S/C24H34F2N4O3.C9H10F3NO/c1-3-4-11-27-30(15-18(2)17-31)16-20(25)9-12-29-13-10-21(23(26)24(29)33)28-22(32)14-19-7-5-6-8-19;1-13-6-7-3-2-4-8(5-7)14-9(10,11)12/h10-11,13,15,17,19-20H,3-9,12,14,16H2,1-2H3,(H,28,32);2-5,13H,6H2,1H3/b18-15+,27-11+;. The summed E-state index contributed by atoms with van der Waals surface area (Å²) in [7, 11) is 1.72. The molecule has 1 aliphatic carbocycles. The number of rotatable bonds is 16. The van der Waals surface area contributed by atoms with Crippen LogP contribution >= 0.6 is 0 Å². The molecule has 1 aromatic carbocycles. The third-order valence-corrected chi connectivity index (χ3v) is 7.10. The first kappa shape index (κ1) is 39.1. The van der Waals surface area contributed by atoms with Crippen molar-refractivity contribution in [2.24, 2.45) is 11.0 Å². The Kier molecular flexibility index (Phi) is 16.8. The average Bonchev–Trinajstić information content (AvgIpc) is 3.52. The minimum absolute atomic E-state index is 0.0316. The average molecular weight is 670 g/mol. The molecular weight excluding hydrogens is 625 g/mol. The van der Waals surface area contributed by atoms with Gasteiger partial charge in [0, 0.05) is 43.7 Å². The normalized spacial score (nSPS) is 14.4. The Morgan fingerprint density at radius 3 is 2.60 bits per heavy atom. The lowest BCUT2D eigenvalue weighted by molar-refractivity contribution is -0.274. The molecule has 0 spiro atoms. The molecule has 2 N–H and O–H groups in total. The lowest BCUT2D eigenvalue weighted by Gasteiger charge is -2.18. The predicted molar refractivity (Wildman–Crippen MR) is 171 cm³/mol. The Bertz CT molecular complexity index is 1390. The molecule has 0 bridgehead atoms. The fraction of sp³-hybridized carbons (Fsp3) is 0.515. The van der Waals surface area contributed by atoms with Gasteiger partial charge in [0.05, 0.1) is 12.2 Å². The van der Waals surface area contributed by atoms with Crippen molar-refractivity contribution < 1.29 is 36.3 Å². The largest absolute Gasteiger partial charge is 0.573 e. The molecule has 1 heterocycles. The van der Waals surface area contributed by atoms with E-state index in [0.717, 1.165) is 48.7 Å². The molecule has 1 saturated carbocycles. The van der Waals surface area contributed by atoms with Crippen molar-refractivity contribution >= 4 is 24.1 Å². The van der Waals surface area contributed by atoms with Crippen LogP contribution in [0.15, 0.2) is 58.2 Å². The fourth-order valence-electron chi connectivity index (χ4n) is 4.82. The Morgan fingerprint density at radius 2 is 1.96 bits per heavy atom. The van der Waals surface area contributed by atoms with E-state index in [1.807, 2.05) is 6.92 Å². The number of pyridine rings is 1. The summed E-state index contributed by atoms with van der Waals surface area (Å²) in [6, 6.07) is 7.19. The summed E-state index contributed by atoms with van der Waals surface area (Å²) in [4.78, 5) is 35.4. The van der Waals surface area contributed by atoms with Gasteiger partial charge in [0.2, 0.25) is 11.7 Å². The Hall–Kier alpha value is -4.07. The molecule has 2 aromatic rings. The number of anilines is 1. The summed E-state index contributed by atoms with van der Waals surface area (Å²) in [5, 5.41) is 10.8. The molecule has 1 unspecified atom stereocenters. The van der Waals surface area contributed by atoms with Crippen LogP contribution in [0.1, 0.15) is 70.8 Å². The lowest BCUT2D eigenvalue weighted by atomic mass is 10.0. The Morgan fingerprint density at radius 1 is 1.23 bits per heavy atom. The number of aromatic nitrogens is 1. The summed E-state index contributed by atoms with van der Waals surface area (Å²) in [5.41, 5.74) is 0.0892. The number of benzene rings is 1. The molecule has 260 valence electrons. The highest BCUT2D eigenvalue weighted by Gasteiger charge is 2.31. The van der Waals surface area contributed by atoms with Gasteiger partial charge in [0.25, 0.3) is 5.56 Å². The van der Waals surface area contributed by atoms with Gasteiger partial charge in [-0.2, -0.15) is 9.49 Å². The van der Waals surface area contributed by atoms with E-state index >= 15 is 0 Å². The first-order valence-corrected chi connectivity index (χ1v) is 15.6. The molecule has 0 saturated heterocycles. The van der Waals surface area contributed by atoms with Gasteiger partial charge in [-0.3, -0.25) is 19.4 Å². The van der Waals surface area contributed by atoms with Gasteiger partial charge in [-0.15, -0.1) is 13.2 Å². The van der Waals surface area contributed by atoms with Gasteiger partial charge in [-0.1, -0.05) is 38.3 Å². The van der Waals surface area contributed by atoms with Gasteiger partial charge in [-0.05, 0) is 69.3 Å². The molecule has 0 radical (unpaired) electrons. The van der Waals surface area contributed by atoms with Crippen LogP contribution in [0.3, 0.4) is 0 Å². The van der Waals surface area contributed by atoms with Crippen molar-refractivity contribution in [3.8, 4) is 5.75 Å². The van der Waals surface area contributed by atoms with Crippen LogP contribution in [-0.4, -0.2) is 54.1 Å². The zero-order chi connectivity index (χ0) is 34.8. The number of nitrogens with zero attached hydrogens (tertiary/aromatic N) is 3. The van der Waals surface area contributed by atoms with Gasteiger partial charge < -0.3 is 19.9 Å². The Labute approximate surface area is 271 Å². The maximum absolute atomic E-state index is 14.6. The van der Waals surface area contributed by atoms with E-state index in [2.05, 4.69) is 20.5 Å². The highest BCUT2D eigenvalue weighted by Crippen LogP contribution is 2.28. The summed E-state index contributed by atoms with van der Waals surface area (Å²) < 4.78 is 69.4. The zero-order valence-electron chi connectivity index (χ0n) is 27.0. The van der Waals surface area contributed by atoms with Crippen LogP contribution in [0.5, 0.6) is 5.75 Å². The number of hydrogen-bond donors (Lipinski definition) is 2. The van der Waals surface area contributed by atoms with Crippen molar-refractivity contribution in [2.45, 2.75) is 90.8 Å². The number of hydrazone groups is 1. The smallest absolute Gasteiger partial charge is 0.406 e. The third kappa shape index (κ3) is 15.4. The second kappa shape index (κ2) is 20.2. The van der Waals surface area contributed by atoms with E-state index in [4.69, 9.17) is 0 Å². The van der Waals surface area contributed by atoms with Crippen LogP contribution < -0.4 is 20.9 Å². The van der Waals surface area contributed by atoms with Crippen LogP contribution in [0.2, 0.25) is 0 Å². The molecule has 9 nitrogen and oxygen atoms in total. The molecule has 1 amide bonds. The lowest BCUT2D eigenvalue weighted by Crippen LogP contribution is -2.28. The molecule has 1 fully saturated rings. The number of aryl methyl sites for hydroxylation is 1. The first-order chi connectivity index (χ1) is 22.3. The van der Waals surface area contributed by atoms with E-state index in [1.54, 1.807) is 26.3 Å². The topological polar surface area (TPSA) is 105 Å². The van der Waals surface area contributed by atoms with E-state index in [0.29, 0.717) is 30.7 Å². The van der Waals surface area contributed by atoms with Crippen molar-refractivity contribution in [3.63, 3.8) is 0 Å². The number of hydrogen-bond acceptors (Lipinski definition) is 7. The number of halogens is 5. The number of aldehydes is 1. The molecule has 1 atom stereocenters. The molecule has 1 aliphatic rings. The molecule has 47 heavy (non-hydrogen) atoms. The maximum Gasteiger partial charge on any atom is 0.573 e. The summed E-state index contributed by atoms with van der Waals surface area (Å²) in [6.07, 6.45) is 5.23. The van der Waals surface area contributed by atoms with Gasteiger partial charge >= 0.3 is 6.36 Å². The number of carbonyl (C=O) groups is 2. The Balaban J connectivity index is 0.000000456. The van der Waals surface area contributed by atoms with Gasteiger partial charge in [-0.25, -0.2) is 4.39 Å². The van der Waals surface area contributed by atoms with E-state index in [9.17, 15) is 36.3 Å². The van der Waals surface area contributed by atoms with E-state index in [1.165, 1.54) is 41.7 Å². The zero-order valence-corrected chi connectivity index (χ0v) is 27.0.